The highest BCUT2D eigenvalue weighted by Gasteiger charge is 2.34. The summed E-state index contributed by atoms with van der Waals surface area (Å²) in [4.78, 5) is 11.2. The van der Waals surface area contributed by atoms with E-state index in [-0.39, 0.29) is 11.9 Å². The van der Waals surface area contributed by atoms with Gasteiger partial charge in [0.1, 0.15) is 41.0 Å². The van der Waals surface area contributed by atoms with Gasteiger partial charge in [0.15, 0.2) is 6.23 Å². The van der Waals surface area contributed by atoms with Crippen LogP contribution in [0.5, 0.6) is 5.75 Å². The number of imidazole rings is 1. The van der Waals surface area contributed by atoms with Gasteiger partial charge in [-0.25, -0.2) is 14.4 Å². The SMILES string of the molecule is CC#CC(O)N1CCC[C@H]1c1nc(-c2ccc(OCc3ccc(F)cc3)cc2)c2c(N)nccn12. The molecule has 0 aliphatic carbocycles. The molecule has 2 aromatic heterocycles. The van der Waals surface area contributed by atoms with Crippen LogP contribution < -0.4 is 10.5 Å². The minimum Gasteiger partial charge on any atom is -0.489 e. The second-order valence-electron chi connectivity index (χ2n) is 8.45. The molecule has 0 spiro atoms. The lowest BCUT2D eigenvalue weighted by Crippen LogP contribution is -2.34. The number of halogens is 1. The lowest BCUT2D eigenvalue weighted by molar-refractivity contribution is 0.0366. The fourth-order valence-corrected chi connectivity index (χ4v) is 4.55. The van der Waals surface area contributed by atoms with E-state index >= 15 is 0 Å². The van der Waals surface area contributed by atoms with Gasteiger partial charge < -0.3 is 15.6 Å². The number of anilines is 1. The normalized spacial score (nSPS) is 16.7. The molecule has 1 saturated heterocycles. The second-order valence-corrected chi connectivity index (χ2v) is 8.45. The highest BCUT2D eigenvalue weighted by Crippen LogP contribution is 2.37. The van der Waals surface area contributed by atoms with E-state index in [9.17, 15) is 9.50 Å². The van der Waals surface area contributed by atoms with E-state index < -0.39 is 6.23 Å². The number of aromatic nitrogens is 3. The van der Waals surface area contributed by atoms with E-state index in [4.69, 9.17) is 15.5 Å². The lowest BCUT2D eigenvalue weighted by atomic mass is 10.1. The first-order valence-corrected chi connectivity index (χ1v) is 11.5. The molecule has 0 amide bonds. The smallest absolute Gasteiger partial charge is 0.171 e. The van der Waals surface area contributed by atoms with E-state index in [1.165, 1.54) is 12.1 Å². The third-order valence-corrected chi connectivity index (χ3v) is 6.24. The third-order valence-electron chi connectivity index (χ3n) is 6.24. The molecule has 178 valence electrons. The van der Waals surface area contributed by atoms with Crippen molar-refractivity contribution in [3.8, 4) is 28.8 Å². The van der Waals surface area contributed by atoms with E-state index in [0.717, 1.165) is 47.5 Å². The topological polar surface area (TPSA) is 88.9 Å². The molecule has 1 aliphatic heterocycles. The number of nitrogens with two attached hydrogens (primary N) is 1. The standard InChI is InChI=1S/C27H26FN5O2/c1-2-4-23(34)32-15-3-5-22(32)27-31-24(25-26(29)30-14-16-33(25)27)19-8-12-21(13-9-19)35-17-18-6-10-20(28)11-7-18/h6-14,16,22-23,34H,3,5,15,17H2,1H3,(H2,29,30)/t22-,23?/m0/s1. The summed E-state index contributed by atoms with van der Waals surface area (Å²) >= 11 is 0. The third kappa shape index (κ3) is 4.56. The van der Waals surface area contributed by atoms with E-state index in [2.05, 4.69) is 16.8 Å². The predicted octanol–water partition coefficient (Wildman–Crippen LogP) is 4.18. The van der Waals surface area contributed by atoms with Crippen molar-refractivity contribution in [3.63, 3.8) is 0 Å². The van der Waals surface area contributed by atoms with Crippen molar-refractivity contribution in [1.82, 2.24) is 19.3 Å². The maximum Gasteiger partial charge on any atom is 0.171 e. The molecule has 3 N–H and O–H groups in total. The molecule has 1 aliphatic rings. The fraction of sp³-hybridized carbons (Fsp3) is 0.259. The van der Waals surface area contributed by atoms with Crippen molar-refractivity contribution < 1.29 is 14.2 Å². The van der Waals surface area contributed by atoms with Gasteiger partial charge in [-0.1, -0.05) is 18.1 Å². The van der Waals surface area contributed by atoms with Crippen LogP contribution in [0.1, 0.15) is 37.2 Å². The Morgan fingerprint density at radius 2 is 1.97 bits per heavy atom. The second kappa shape index (κ2) is 9.74. The molecule has 1 fully saturated rings. The summed E-state index contributed by atoms with van der Waals surface area (Å²) in [6.45, 7) is 2.80. The molecule has 2 atom stereocenters. The average molecular weight is 472 g/mol. The van der Waals surface area contributed by atoms with Crippen molar-refractivity contribution in [2.45, 2.75) is 38.6 Å². The van der Waals surface area contributed by atoms with Gasteiger partial charge >= 0.3 is 0 Å². The van der Waals surface area contributed by atoms with Gasteiger partial charge in [-0.05, 0) is 61.7 Å². The summed E-state index contributed by atoms with van der Waals surface area (Å²) in [5.74, 6) is 7.24. The zero-order valence-electron chi connectivity index (χ0n) is 19.4. The van der Waals surface area contributed by atoms with Crippen molar-refractivity contribution in [2.24, 2.45) is 0 Å². The summed E-state index contributed by atoms with van der Waals surface area (Å²) < 4.78 is 20.9. The number of hydrogen-bond donors (Lipinski definition) is 2. The van der Waals surface area contributed by atoms with Crippen molar-refractivity contribution in [2.75, 3.05) is 12.3 Å². The minimum absolute atomic E-state index is 0.0905. The molecule has 0 radical (unpaired) electrons. The van der Waals surface area contributed by atoms with Gasteiger partial charge in [-0.2, -0.15) is 0 Å². The van der Waals surface area contributed by atoms with Crippen LogP contribution in [0.25, 0.3) is 16.8 Å². The Morgan fingerprint density at radius 1 is 1.20 bits per heavy atom. The number of ether oxygens (including phenoxy) is 1. The largest absolute Gasteiger partial charge is 0.489 e. The summed E-state index contributed by atoms with van der Waals surface area (Å²) in [6.07, 6.45) is 4.47. The van der Waals surface area contributed by atoms with Gasteiger partial charge in [-0.3, -0.25) is 9.30 Å². The molecule has 2 aromatic carbocycles. The van der Waals surface area contributed by atoms with Crippen LogP contribution >= 0.6 is 0 Å². The molecule has 4 aromatic rings. The number of nitrogen functional groups attached to an aromatic ring is 1. The van der Waals surface area contributed by atoms with E-state index in [0.29, 0.717) is 18.2 Å². The number of aliphatic hydroxyl groups is 1. The van der Waals surface area contributed by atoms with Crippen LogP contribution in [-0.4, -0.2) is 37.1 Å². The Hall–Kier alpha value is -3.93. The Labute approximate surface area is 203 Å². The monoisotopic (exact) mass is 471 g/mol. The quantitative estimate of drug-likeness (QED) is 0.410. The Kier molecular flexibility index (Phi) is 6.36. The maximum atomic E-state index is 13.1. The van der Waals surface area contributed by atoms with Crippen molar-refractivity contribution in [1.29, 1.82) is 0 Å². The van der Waals surface area contributed by atoms with Crippen LogP contribution in [0.4, 0.5) is 10.2 Å². The van der Waals surface area contributed by atoms with E-state index in [1.54, 1.807) is 25.3 Å². The Morgan fingerprint density at radius 3 is 2.71 bits per heavy atom. The molecular formula is C27H26FN5O2. The van der Waals surface area contributed by atoms with E-state index in [1.807, 2.05) is 39.8 Å². The zero-order chi connectivity index (χ0) is 24.4. The summed E-state index contributed by atoms with van der Waals surface area (Å²) in [5, 5.41) is 10.6. The molecular weight excluding hydrogens is 445 g/mol. The van der Waals surface area contributed by atoms with Crippen LogP contribution in [0, 0.1) is 17.7 Å². The molecule has 3 heterocycles. The van der Waals surface area contributed by atoms with Gasteiger partial charge in [0.25, 0.3) is 0 Å². The highest BCUT2D eigenvalue weighted by molar-refractivity contribution is 5.85. The Bertz CT molecular complexity index is 1390. The highest BCUT2D eigenvalue weighted by atomic mass is 19.1. The summed E-state index contributed by atoms with van der Waals surface area (Å²) in [7, 11) is 0. The number of benzene rings is 2. The lowest BCUT2D eigenvalue weighted by Gasteiger charge is -2.25. The molecule has 7 nitrogen and oxygen atoms in total. The van der Waals surface area contributed by atoms with Crippen molar-refractivity contribution >= 4 is 11.3 Å². The van der Waals surface area contributed by atoms with Gasteiger partial charge in [-0.15, -0.1) is 5.92 Å². The number of rotatable bonds is 6. The number of nitrogens with zero attached hydrogens (tertiary/aromatic N) is 4. The number of hydrogen-bond acceptors (Lipinski definition) is 6. The average Bonchev–Trinajstić information content (AvgIpc) is 3.50. The first kappa shape index (κ1) is 22.8. The zero-order valence-corrected chi connectivity index (χ0v) is 19.4. The first-order chi connectivity index (χ1) is 17.0. The van der Waals surface area contributed by atoms with Gasteiger partial charge in [0.05, 0.1) is 6.04 Å². The molecule has 8 heteroatoms. The van der Waals surface area contributed by atoms with Crippen LogP contribution in [0.3, 0.4) is 0 Å². The first-order valence-electron chi connectivity index (χ1n) is 11.5. The summed E-state index contributed by atoms with van der Waals surface area (Å²) in [6, 6.07) is 13.8. The molecule has 35 heavy (non-hydrogen) atoms. The fourth-order valence-electron chi connectivity index (χ4n) is 4.55. The van der Waals surface area contributed by atoms with Crippen LogP contribution in [-0.2, 0) is 6.61 Å². The molecule has 0 saturated carbocycles. The van der Waals surface area contributed by atoms with Crippen LogP contribution in [0.2, 0.25) is 0 Å². The summed E-state index contributed by atoms with van der Waals surface area (Å²) in [5.41, 5.74) is 9.50. The molecule has 0 bridgehead atoms. The predicted molar refractivity (Wildman–Crippen MR) is 132 cm³/mol. The van der Waals surface area contributed by atoms with Gasteiger partial charge in [0.2, 0.25) is 0 Å². The maximum absolute atomic E-state index is 13.1. The number of aliphatic hydroxyl groups excluding tert-OH is 1. The molecule has 1 unspecified atom stereocenters. The van der Waals surface area contributed by atoms with Crippen LogP contribution in [0.15, 0.2) is 60.9 Å². The number of fused-ring (bicyclic) bond motifs is 1. The van der Waals surface area contributed by atoms with Gasteiger partial charge in [0, 0.05) is 24.5 Å². The minimum atomic E-state index is -0.847. The molecule has 5 rings (SSSR count). The Balaban J connectivity index is 1.45. The van der Waals surface area contributed by atoms with Crippen molar-refractivity contribution in [3.05, 3.63) is 78.1 Å². The number of likely N-dealkylation sites (tertiary alicyclic amines) is 1.